The number of carboxylic acids is 1. The third-order valence-corrected chi connectivity index (χ3v) is 6.54. The van der Waals surface area contributed by atoms with E-state index in [1.54, 1.807) is 0 Å². The molecule has 1 aliphatic heterocycles. The summed E-state index contributed by atoms with van der Waals surface area (Å²) in [7, 11) is 0. The number of ether oxygens (including phenoxy) is 1. The van der Waals surface area contributed by atoms with Gasteiger partial charge in [-0.2, -0.15) is 0 Å². The van der Waals surface area contributed by atoms with Crippen molar-refractivity contribution in [1.29, 1.82) is 0 Å². The summed E-state index contributed by atoms with van der Waals surface area (Å²) >= 11 is 0. The maximum absolute atomic E-state index is 12.5. The monoisotopic (exact) mass is 427 g/mol. The smallest absolute Gasteiger partial charge is 0.341 e. The Hall–Kier alpha value is -2.64. The highest BCUT2D eigenvalue weighted by Gasteiger charge is 2.35. The van der Waals surface area contributed by atoms with Crippen LogP contribution < -0.4 is 10.2 Å². The van der Waals surface area contributed by atoms with E-state index in [0.29, 0.717) is 23.4 Å². The molecule has 1 atom stereocenters. The van der Waals surface area contributed by atoms with E-state index < -0.39 is 11.4 Å². The van der Waals surface area contributed by atoms with Crippen LogP contribution in [0.3, 0.4) is 0 Å². The van der Waals surface area contributed by atoms with E-state index in [9.17, 15) is 24.9 Å². The first-order valence-electron chi connectivity index (χ1n) is 10.7. The van der Waals surface area contributed by atoms with E-state index in [1.165, 1.54) is 12.3 Å². The number of aromatic carboxylic acids is 1. The van der Waals surface area contributed by atoms with E-state index in [0.717, 1.165) is 24.0 Å². The first kappa shape index (κ1) is 21.6. The summed E-state index contributed by atoms with van der Waals surface area (Å²) in [5, 5.41) is 28.6. The zero-order valence-electron chi connectivity index (χ0n) is 18.1. The fraction of sp³-hybridized carbons (Fsp3) is 0.500. The molecule has 166 valence electrons. The number of carbonyl (C=O) groups is 1. The number of carboxylic acid groups (broad SMARTS) is 1. The third-order valence-electron chi connectivity index (χ3n) is 6.54. The molecule has 2 aliphatic rings. The van der Waals surface area contributed by atoms with Gasteiger partial charge in [-0.1, -0.05) is 20.8 Å². The number of benzene rings is 1. The molecule has 0 bridgehead atoms. The van der Waals surface area contributed by atoms with Crippen molar-refractivity contribution in [3.63, 3.8) is 0 Å². The Balaban J connectivity index is 1.82. The Morgan fingerprint density at radius 2 is 1.90 bits per heavy atom. The van der Waals surface area contributed by atoms with Crippen molar-refractivity contribution in [2.75, 3.05) is 6.61 Å². The second-order valence-electron chi connectivity index (χ2n) is 9.77. The van der Waals surface area contributed by atoms with Gasteiger partial charge in [0.25, 0.3) is 0 Å². The number of aliphatic hydroxyl groups excluding tert-OH is 2. The van der Waals surface area contributed by atoms with Gasteiger partial charge < -0.3 is 24.6 Å². The zero-order chi connectivity index (χ0) is 22.5. The van der Waals surface area contributed by atoms with Crippen molar-refractivity contribution in [3.8, 4) is 17.0 Å². The van der Waals surface area contributed by atoms with Crippen LogP contribution in [0.2, 0.25) is 0 Å². The summed E-state index contributed by atoms with van der Waals surface area (Å²) in [6.07, 6.45) is 3.71. The maximum atomic E-state index is 12.5. The molecular weight excluding hydrogens is 398 g/mol. The normalized spacial score (nSPS) is 22.3. The highest BCUT2D eigenvalue weighted by molar-refractivity contribution is 5.87. The van der Waals surface area contributed by atoms with Crippen molar-refractivity contribution in [1.82, 2.24) is 4.57 Å². The predicted molar refractivity (Wildman–Crippen MR) is 115 cm³/mol. The number of hydrogen-bond donors (Lipinski definition) is 3. The summed E-state index contributed by atoms with van der Waals surface area (Å²) in [4.78, 5) is 24.0. The Morgan fingerprint density at radius 3 is 2.48 bits per heavy atom. The molecule has 1 fully saturated rings. The molecule has 1 aliphatic carbocycles. The number of hydrogen-bond acceptors (Lipinski definition) is 5. The number of aromatic nitrogens is 1. The van der Waals surface area contributed by atoms with Gasteiger partial charge in [-0.05, 0) is 48.3 Å². The second-order valence-corrected chi connectivity index (χ2v) is 9.77. The summed E-state index contributed by atoms with van der Waals surface area (Å²) in [6, 6.07) is 5.13. The van der Waals surface area contributed by atoms with Crippen LogP contribution in [0.15, 0.2) is 29.2 Å². The summed E-state index contributed by atoms with van der Waals surface area (Å²) in [5.74, 6) is -0.332. The molecule has 0 spiro atoms. The van der Waals surface area contributed by atoms with Crippen LogP contribution in [0.4, 0.5) is 0 Å². The third kappa shape index (κ3) is 3.88. The van der Waals surface area contributed by atoms with Gasteiger partial charge in [0.05, 0.1) is 18.4 Å². The van der Waals surface area contributed by atoms with Crippen LogP contribution in [0.1, 0.15) is 61.1 Å². The lowest BCUT2D eigenvalue weighted by atomic mass is 9.78. The standard InChI is InChI=1S/C24H29NO6/c1-24(2,3)22-8-14-7-21(31-16-4-13(5-16)11-26)15(12-27)6-17(14)19-9-20(28)18(23(29)30)10-25(19)22/h6-7,9-10,13,16,22,26-27H,4-5,8,11-12H2,1-3H3,(H,29,30)/t13?,16?,22-/m0/s1. The van der Waals surface area contributed by atoms with Crippen LogP contribution in [0.25, 0.3) is 11.3 Å². The lowest BCUT2D eigenvalue weighted by Gasteiger charge is -2.39. The summed E-state index contributed by atoms with van der Waals surface area (Å²) < 4.78 is 8.03. The SMILES string of the molecule is CC(C)(C)[C@@H]1Cc2cc(OC3CC(CO)C3)c(CO)cc2-c2cc(=O)c(C(=O)O)cn21. The number of rotatable bonds is 5. The molecular formula is C24H29NO6. The van der Waals surface area contributed by atoms with Gasteiger partial charge in [-0.15, -0.1) is 0 Å². The molecule has 0 amide bonds. The Morgan fingerprint density at radius 1 is 1.19 bits per heavy atom. The van der Waals surface area contributed by atoms with Gasteiger partial charge >= 0.3 is 5.97 Å². The topological polar surface area (TPSA) is 109 Å². The molecule has 0 unspecified atom stereocenters. The Kier molecular flexibility index (Phi) is 5.43. The fourth-order valence-electron chi connectivity index (χ4n) is 4.62. The molecule has 1 aromatic carbocycles. The maximum Gasteiger partial charge on any atom is 0.341 e. The highest BCUT2D eigenvalue weighted by atomic mass is 16.5. The van der Waals surface area contributed by atoms with Gasteiger partial charge in [0.2, 0.25) is 0 Å². The van der Waals surface area contributed by atoms with Crippen molar-refractivity contribution in [2.24, 2.45) is 11.3 Å². The van der Waals surface area contributed by atoms with Crippen molar-refractivity contribution in [3.05, 3.63) is 51.3 Å². The van der Waals surface area contributed by atoms with Crippen LogP contribution in [0.5, 0.6) is 5.75 Å². The lowest BCUT2D eigenvalue weighted by molar-refractivity contribution is 0.0311. The molecule has 0 saturated heterocycles. The molecule has 2 aromatic rings. The Bertz CT molecular complexity index is 1070. The molecule has 7 nitrogen and oxygen atoms in total. The van der Waals surface area contributed by atoms with E-state index in [1.807, 2.05) is 16.7 Å². The van der Waals surface area contributed by atoms with Crippen molar-refractivity contribution < 1.29 is 24.9 Å². The van der Waals surface area contributed by atoms with Gasteiger partial charge in [-0.25, -0.2) is 4.79 Å². The van der Waals surface area contributed by atoms with Gasteiger partial charge in [0.15, 0.2) is 5.43 Å². The van der Waals surface area contributed by atoms with Crippen LogP contribution in [-0.4, -0.2) is 38.6 Å². The fourth-order valence-corrected chi connectivity index (χ4v) is 4.62. The van der Waals surface area contributed by atoms with Gasteiger partial charge in [-0.3, -0.25) is 4.79 Å². The first-order valence-corrected chi connectivity index (χ1v) is 10.7. The summed E-state index contributed by atoms with van der Waals surface area (Å²) in [6.45, 7) is 6.22. The average Bonchev–Trinajstić information content (AvgIpc) is 2.67. The zero-order valence-corrected chi connectivity index (χ0v) is 18.1. The van der Waals surface area contributed by atoms with E-state index in [4.69, 9.17) is 4.74 Å². The number of aliphatic hydroxyl groups is 2. The average molecular weight is 427 g/mol. The molecule has 4 rings (SSSR count). The largest absolute Gasteiger partial charge is 0.490 e. The molecule has 1 aromatic heterocycles. The lowest BCUT2D eigenvalue weighted by Crippen LogP contribution is -2.36. The molecule has 7 heteroatoms. The van der Waals surface area contributed by atoms with E-state index in [-0.39, 0.29) is 42.3 Å². The predicted octanol–water partition coefficient (Wildman–Crippen LogP) is 3.00. The number of nitrogens with zero attached hydrogens (tertiary/aromatic N) is 1. The van der Waals surface area contributed by atoms with Crippen LogP contribution in [0, 0.1) is 11.3 Å². The Labute approximate surface area is 180 Å². The molecule has 3 N–H and O–H groups in total. The number of pyridine rings is 1. The minimum Gasteiger partial charge on any atom is -0.490 e. The van der Waals surface area contributed by atoms with Gasteiger partial charge in [0.1, 0.15) is 11.3 Å². The second kappa shape index (κ2) is 7.80. The molecule has 31 heavy (non-hydrogen) atoms. The minimum atomic E-state index is -1.24. The van der Waals surface area contributed by atoms with Crippen molar-refractivity contribution in [2.45, 2.75) is 58.8 Å². The molecule has 2 heterocycles. The first-order chi connectivity index (χ1) is 14.6. The number of fused-ring (bicyclic) bond motifs is 3. The van der Waals surface area contributed by atoms with Crippen LogP contribution >= 0.6 is 0 Å². The molecule has 1 saturated carbocycles. The summed E-state index contributed by atoms with van der Waals surface area (Å²) in [5.41, 5.74) is 2.14. The van der Waals surface area contributed by atoms with E-state index in [2.05, 4.69) is 20.8 Å². The van der Waals surface area contributed by atoms with Crippen LogP contribution in [-0.2, 0) is 13.0 Å². The highest BCUT2D eigenvalue weighted by Crippen LogP contribution is 2.44. The van der Waals surface area contributed by atoms with Gasteiger partial charge in [0, 0.05) is 36.0 Å². The minimum absolute atomic E-state index is 0.0236. The quantitative estimate of drug-likeness (QED) is 0.677. The van der Waals surface area contributed by atoms with Crippen molar-refractivity contribution >= 4 is 5.97 Å². The molecule has 0 radical (unpaired) electrons. The van der Waals surface area contributed by atoms with E-state index >= 15 is 0 Å².